The zero-order chi connectivity index (χ0) is 5.28. The van der Waals surface area contributed by atoms with Crippen LogP contribution in [0.1, 0.15) is 6.42 Å². The van der Waals surface area contributed by atoms with Gasteiger partial charge in [0.25, 0.3) is 0 Å². The maximum atomic E-state index is 5.26. The molecule has 2 N–H and O–H groups in total. The fraction of sp³-hybridized carbons (Fsp3) is 0.600. The predicted molar refractivity (Wildman–Crippen MR) is 27.7 cm³/mol. The first-order valence-corrected chi connectivity index (χ1v) is 2.34. The minimum absolute atomic E-state index is 0.400. The second-order valence-corrected chi connectivity index (χ2v) is 1.82. The number of rotatable bonds is 2. The first-order chi connectivity index (χ1) is 3.29. The molecule has 1 rings (SSSR count). The van der Waals surface area contributed by atoms with Crippen LogP contribution >= 0.6 is 0 Å². The van der Waals surface area contributed by atoms with Crippen molar-refractivity contribution in [3.8, 4) is 0 Å². The lowest BCUT2D eigenvalue weighted by atomic mass is 10.3. The molecule has 1 aliphatic heterocycles. The van der Waals surface area contributed by atoms with Crippen LogP contribution in [-0.4, -0.2) is 12.7 Å². The Balaban J connectivity index is 2.08. The Morgan fingerprint density at radius 1 is 2.00 bits per heavy atom. The van der Waals surface area contributed by atoms with Crippen molar-refractivity contribution >= 4 is 0 Å². The normalized spacial score (nSPS) is 27.1. The van der Waals surface area contributed by atoms with Gasteiger partial charge in [-0.3, -0.25) is 0 Å². The molecule has 0 aliphatic carbocycles. The van der Waals surface area contributed by atoms with E-state index in [9.17, 15) is 0 Å². The molecule has 2 nitrogen and oxygen atoms in total. The van der Waals surface area contributed by atoms with Crippen LogP contribution in [0.25, 0.3) is 0 Å². The van der Waals surface area contributed by atoms with Crippen LogP contribution in [0.3, 0.4) is 0 Å². The van der Waals surface area contributed by atoms with E-state index in [1.807, 2.05) is 0 Å². The molecule has 0 aromatic rings. The Morgan fingerprint density at radius 2 is 2.57 bits per heavy atom. The molecule has 1 atom stereocenters. The van der Waals surface area contributed by atoms with Crippen molar-refractivity contribution < 1.29 is 4.74 Å². The molecule has 0 radical (unpaired) electrons. The molecular formula is C5H9NO. The van der Waals surface area contributed by atoms with Crippen LogP contribution in [0, 0.1) is 0 Å². The molecule has 2 heteroatoms. The Kier molecular flexibility index (Phi) is 1.02. The highest BCUT2D eigenvalue weighted by molar-refractivity contribution is 4.92. The van der Waals surface area contributed by atoms with E-state index < -0.39 is 0 Å². The van der Waals surface area contributed by atoms with Gasteiger partial charge >= 0.3 is 0 Å². The largest absolute Gasteiger partial charge is 0.402 e. The summed E-state index contributed by atoms with van der Waals surface area (Å²) in [6, 6.07) is 0. The van der Waals surface area contributed by atoms with Gasteiger partial charge < -0.3 is 10.5 Å². The quantitative estimate of drug-likeness (QED) is 0.504. The van der Waals surface area contributed by atoms with Crippen molar-refractivity contribution in [3.05, 3.63) is 12.3 Å². The van der Waals surface area contributed by atoms with Gasteiger partial charge in [-0.2, -0.15) is 0 Å². The summed E-state index contributed by atoms with van der Waals surface area (Å²) in [5, 5.41) is 0. The molecule has 40 valence electrons. The predicted octanol–water partition coefficient (Wildman–Crippen LogP) is 0.248. The average molecular weight is 99.1 g/mol. The molecule has 0 amide bonds. The summed E-state index contributed by atoms with van der Waals surface area (Å²) < 4.78 is 4.88. The molecule has 0 aromatic carbocycles. The number of epoxide rings is 1. The van der Waals surface area contributed by atoms with Crippen LogP contribution in [-0.2, 0) is 4.74 Å². The standard InChI is InChI=1S/C5H9NO/c1-4(6)2-5-3-7-5/h5H,1-3,6H2. The fourth-order valence-electron chi connectivity index (χ4n) is 0.478. The first kappa shape index (κ1) is 4.65. The van der Waals surface area contributed by atoms with Gasteiger partial charge in [0.2, 0.25) is 0 Å². The van der Waals surface area contributed by atoms with Crippen LogP contribution in [0.2, 0.25) is 0 Å². The van der Waals surface area contributed by atoms with Gasteiger partial charge in [0, 0.05) is 12.1 Å². The van der Waals surface area contributed by atoms with E-state index in [4.69, 9.17) is 10.5 Å². The van der Waals surface area contributed by atoms with E-state index in [0.717, 1.165) is 18.7 Å². The summed E-state index contributed by atoms with van der Waals surface area (Å²) in [6.07, 6.45) is 1.23. The number of ether oxygens (including phenoxy) is 1. The average Bonchev–Trinajstić information content (AvgIpc) is 2.17. The minimum Gasteiger partial charge on any atom is -0.402 e. The monoisotopic (exact) mass is 99.1 g/mol. The van der Waals surface area contributed by atoms with Gasteiger partial charge in [0.1, 0.15) is 0 Å². The second kappa shape index (κ2) is 1.54. The lowest BCUT2D eigenvalue weighted by Gasteiger charge is -1.88. The summed E-state index contributed by atoms with van der Waals surface area (Å²) in [5.74, 6) is 0. The third-order valence-corrected chi connectivity index (χ3v) is 0.892. The zero-order valence-corrected chi connectivity index (χ0v) is 4.18. The number of hydrogen-bond donors (Lipinski definition) is 1. The van der Waals surface area contributed by atoms with Crippen molar-refractivity contribution in [2.24, 2.45) is 5.73 Å². The van der Waals surface area contributed by atoms with E-state index in [-0.39, 0.29) is 0 Å². The summed E-state index contributed by atoms with van der Waals surface area (Å²) in [5.41, 5.74) is 5.98. The van der Waals surface area contributed by atoms with Crippen molar-refractivity contribution in [1.29, 1.82) is 0 Å². The Labute approximate surface area is 43.0 Å². The number of nitrogens with two attached hydrogens (primary N) is 1. The van der Waals surface area contributed by atoms with Crippen molar-refractivity contribution in [3.63, 3.8) is 0 Å². The third-order valence-electron chi connectivity index (χ3n) is 0.892. The summed E-state index contributed by atoms with van der Waals surface area (Å²) in [6.45, 7) is 4.40. The second-order valence-electron chi connectivity index (χ2n) is 1.82. The molecule has 7 heavy (non-hydrogen) atoms. The summed E-state index contributed by atoms with van der Waals surface area (Å²) >= 11 is 0. The Bertz CT molecular complexity index is 86.1. The highest BCUT2D eigenvalue weighted by atomic mass is 16.6. The molecule has 1 aliphatic rings. The lowest BCUT2D eigenvalue weighted by Crippen LogP contribution is -1.97. The van der Waals surface area contributed by atoms with E-state index >= 15 is 0 Å². The summed E-state index contributed by atoms with van der Waals surface area (Å²) in [4.78, 5) is 0. The maximum Gasteiger partial charge on any atom is 0.0863 e. The molecule has 0 spiro atoms. The van der Waals surface area contributed by atoms with E-state index in [1.54, 1.807) is 0 Å². The zero-order valence-electron chi connectivity index (χ0n) is 4.18. The molecule has 1 heterocycles. The van der Waals surface area contributed by atoms with Gasteiger partial charge in [-0.25, -0.2) is 0 Å². The Morgan fingerprint density at radius 3 is 2.71 bits per heavy atom. The molecule has 0 aromatic heterocycles. The van der Waals surface area contributed by atoms with Crippen molar-refractivity contribution in [1.82, 2.24) is 0 Å². The molecular weight excluding hydrogens is 90.1 g/mol. The van der Waals surface area contributed by atoms with Gasteiger partial charge in [0.15, 0.2) is 0 Å². The number of hydrogen-bond acceptors (Lipinski definition) is 2. The minimum atomic E-state index is 0.400. The van der Waals surface area contributed by atoms with Crippen LogP contribution < -0.4 is 5.73 Å². The summed E-state index contributed by atoms with van der Waals surface area (Å²) in [7, 11) is 0. The molecule has 1 fully saturated rings. The van der Waals surface area contributed by atoms with Gasteiger partial charge in [-0.05, 0) is 0 Å². The lowest BCUT2D eigenvalue weighted by molar-refractivity contribution is 0.407. The fourth-order valence-corrected chi connectivity index (χ4v) is 0.478. The van der Waals surface area contributed by atoms with E-state index in [2.05, 4.69) is 6.58 Å². The SMILES string of the molecule is C=C(N)CC1CO1. The molecule has 1 saturated heterocycles. The molecule has 1 unspecified atom stereocenters. The highest BCUT2D eigenvalue weighted by Gasteiger charge is 2.21. The van der Waals surface area contributed by atoms with Crippen molar-refractivity contribution in [2.75, 3.05) is 6.61 Å². The van der Waals surface area contributed by atoms with Gasteiger partial charge in [0.05, 0.1) is 12.7 Å². The van der Waals surface area contributed by atoms with Crippen LogP contribution in [0.4, 0.5) is 0 Å². The van der Waals surface area contributed by atoms with Gasteiger partial charge in [-0.1, -0.05) is 6.58 Å². The van der Waals surface area contributed by atoms with E-state index in [0.29, 0.717) is 6.10 Å². The van der Waals surface area contributed by atoms with E-state index in [1.165, 1.54) is 0 Å². The van der Waals surface area contributed by atoms with Gasteiger partial charge in [-0.15, -0.1) is 0 Å². The highest BCUT2D eigenvalue weighted by Crippen LogP contribution is 2.14. The Hall–Kier alpha value is -0.500. The van der Waals surface area contributed by atoms with Crippen LogP contribution in [0.5, 0.6) is 0 Å². The first-order valence-electron chi connectivity index (χ1n) is 2.34. The smallest absolute Gasteiger partial charge is 0.0863 e. The maximum absolute atomic E-state index is 5.26. The third kappa shape index (κ3) is 1.59. The van der Waals surface area contributed by atoms with Crippen LogP contribution in [0.15, 0.2) is 12.3 Å². The molecule has 0 saturated carbocycles. The molecule has 0 bridgehead atoms. The topological polar surface area (TPSA) is 38.5 Å². The van der Waals surface area contributed by atoms with Crippen molar-refractivity contribution in [2.45, 2.75) is 12.5 Å².